The van der Waals surface area contributed by atoms with E-state index in [0.29, 0.717) is 26.2 Å². The second kappa shape index (κ2) is 11.0. The molecule has 30 heavy (non-hydrogen) atoms. The van der Waals surface area contributed by atoms with E-state index in [-0.39, 0.29) is 18.2 Å². The van der Waals surface area contributed by atoms with Gasteiger partial charge < -0.3 is 29.9 Å². The number of aliphatic imine (C=N–C) groups is 1. The summed E-state index contributed by atoms with van der Waals surface area (Å²) in [7, 11) is 1.77. The van der Waals surface area contributed by atoms with E-state index in [1.165, 1.54) is 0 Å². The Morgan fingerprint density at radius 2 is 2.13 bits per heavy atom. The molecule has 0 radical (unpaired) electrons. The molecule has 9 nitrogen and oxygen atoms in total. The van der Waals surface area contributed by atoms with E-state index in [9.17, 15) is 4.79 Å². The van der Waals surface area contributed by atoms with Crippen LogP contribution in [-0.4, -0.2) is 80.5 Å². The summed E-state index contributed by atoms with van der Waals surface area (Å²) in [6, 6.07) is 4.45. The average molecular weight is 419 g/mol. The van der Waals surface area contributed by atoms with Crippen molar-refractivity contribution in [3.05, 3.63) is 23.9 Å². The van der Waals surface area contributed by atoms with Crippen molar-refractivity contribution in [2.75, 3.05) is 51.3 Å². The van der Waals surface area contributed by atoms with Crippen molar-refractivity contribution in [1.82, 2.24) is 20.5 Å². The molecule has 1 atom stereocenters. The van der Waals surface area contributed by atoms with Gasteiger partial charge in [0.2, 0.25) is 0 Å². The highest BCUT2D eigenvalue weighted by atomic mass is 16.6. The molecule has 0 spiro atoms. The minimum Gasteiger partial charge on any atom is -0.450 e. The standard InChI is InChI=1S/C21H34N6O3/c1-4-29-21(28)26-9-7-18(8-10-26)25-20(22-3)24-14-17-5-6-19(23-13-17)27-11-12-30-16(2)15-27/h5-6,13,16,18H,4,7-12,14-15H2,1-3H3,(H2,22,24,25). The lowest BCUT2D eigenvalue weighted by atomic mass is 10.1. The van der Waals surface area contributed by atoms with Crippen LogP contribution in [0.1, 0.15) is 32.3 Å². The van der Waals surface area contributed by atoms with E-state index in [1.807, 2.05) is 13.1 Å². The van der Waals surface area contributed by atoms with Crippen molar-refractivity contribution in [2.24, 2.45) is 4.99 Å². The number of carbonyl (C=O) groups excluding carboxylic acids is 1. The van der Waals surface area contributed by atoms with Crippen LogP contribution in [-0.2, 0) is 16.0 Å². The molecule has 1 unspecified atom stereocenters. The summed E-state index contributed by atoms with van der Waals surface area (Å²) in [4.78, 5) is 24.8. The molecule has 2 aliphatic rings. The quantitative estimate of drug-likeness (QED) is 0.554. The van der Waals surface area contributed by atoms with Gasteiger partial charge in [-0.3, -0.25) is 4.99 Å². The summed E-state index contributed by atoms with van der Waals surface area (Å²) < 4.78 is 10.7. The third-order valence-electron chi connectivity index (χ3n) is 5.42. The van der Waals surface area contributed by atoms with Crippen molar-refractivity contribution in [1.29, 1.82) is 0 Å². The summed E-state index contributed by atoms with van der Waals surface area (Å²) in [5.41, 5.74) is 1.10. The predicted molar refractivity (Wildman–Crippen MR) is 117 cm³/mol. The van der Waals surface area contributed by atoms with E-state index in [1.54, 1.807) is 11.9 Å². The van der Waals surface area contributed by atoms with Gasteiger partial charge in [0.05, 0.1) is 19.3 Å². The molecule has 1 amide bonds. The fourth-order valence-corrected chi connectivity index (χ4v) is 3.73. The number of aromatic nitrogens is 1. The van der Waals surface area contributed by atoms with Crippen LogP contribution in [0.25, 0.3) is 0 Å². The number of hydrogen-bond donors (Lipinski definition) is 2. The van der Waals surface area contributed by atoms with Gasteiger partial charge in [-0.15, -0.1) is 0 Å². The van der Waals surface area contributed by atoms with E-state index in [4.69, 9.17) is 9.47 Å². The molecular weight excluding hydrogens is 384 g/mol. The van der Waals surface area contributed by atoms with Crippen LogP contribution in [0.3, 0.4) is 0 Å². The Hall–Kier alpha value is -2.55. The van der Waals surface area contributed by atoms with Crippen molar-refractivity contribution < 1.29 is 14.3 Å². The van der Waals surface area contributed by atoms with E-state index >= 15 is 0 Å². The lowest BCUT2D eigenvalue weighted by Crippen LogP contribution is -2.49. The van der Waals surface area contributed by atoms with Crippen molar-refractivity contribution in [3.63, 3.8) is 0 Å². The van der Waals surface area contributed by atoms with Crippen molar-refractivity contribution in [2.45, 2.75) is 45.4 Å². The average Bonchev–Trinajstić information content (AvgIpc) is 2.77. The molecule has 166 valence electrons. The van der Waals surface area contributed by atoms with Gasteiger partial charge in [0.1, 0.15) is 5.82 Å². The number of rotatable bonds is 5. The molecular formula is C21H34N6O3. The largest absolute Gasteiger partial charge is 0.450 e. The first-order chi connectivity index (χ1) is 14.6. The van der Waals surface area contributed by atoms with Gasteiger partial charge in [0.15, 0.2) is 5.96 Å². The van der Waals surface area contributed by atoms with Gasteiger partial charge in [-0.05, 0) is 38.3 Å². The number of anilines is 1. The number of piperidine rings is 1. The summed E-state index contributed by atoms with van der Waals surface area (Å²) in [5, 5.41) is 6.81. The van der Waals surface area contributed by atoms with Gasteiger partial charge in [0, 0.05) is 52.0 Å². The van der Waals surface area contributed by atoms with Crippen LogP contribution in [0.2, 0.25) is 0 Å². The van der Waals surface area contributed by atoms with Crippen LogP contribution in [0.5, 0.6) is 0 Å². The summed E-state index contributed by atoms with van der Waals surface area (Å²) >= 11 is 0. The monoisotopic (exact) mass is 418 g/mol. The first-order valence-corrected chi connectivity index (χ1v) is 10.8. The molecule has 2 fully saturated rings. The molecule has 0 aromatic carbocycles. The normalized spacial score (nSPS) is 20.8. The Kier molecular flexibility index (Phi) is 8.12. The molecule has 3 heterocycles. The maximum Gasteiger partial charge on any atom is 0.409 e. The molecule has 1 aromatic heterocycles. The molecule has 2 N–H and O–H groups in total. The third-order valence-corrected chi connectivity index (χ3v) is 5.42. The van der Waals surface area contributed by atoms with Crippen LogP contribution in [0.15, 0.2) is 23.3 Å². The van der Waals surface area contributed by atoms with Crippen molar-refractivity contribution >= 4 is 17.9 Å². The summed E-state index contributed by atoms with van der Waals surface area (Å²) in [6.45, 7) is 8.85. The van der Waals surface area contributed by atoms with Crippen LogP contribution < -0.4 is 15.5 Å². The second-order valence-corrected chi connectivity index (χ2v) is 7.68. The highest BCUT2D eigenvalue weighted by Gasteiger charge is 2.24. The Morgan fingerprint density at radius 3 is 2.77 bits per heavy atom. The first kappa shape index (κ1) is 22.1. The number of nitrogens with zero attached hydrogens (tertiary/aromatic N) is 4. The number of guanidine groups is 1. The summed E-state index contributed by atoms with van der Waals surface area (Å²) in [6.07, 6.45) is 3.66. The number of pyridine rings is 1. The molecule has 2 aliphatic heterocycles. The third kappa shape index (κ3) is 6.22. The van der Waals surface area contributed by atoms with Gasteiger partial charge in [-0.2, -0.15) is 0 Å². The van der Waals surface area contributed by atoms with Crippen LogP contribution >= 0.6 is 0 Å². The molecule has 9 heteroatoms. The van der Waals surface area contributed by atoms with E-state index in [0.717, 1.165) is 49.9 Å². The highest BCUT2D eigenvalue weighted by molar-refractivity contribution is 5.80. The zero-order chi connectivity index (χ0) is 21.3. The maximum absolute atomic E-state index is 11.8. The highest BCUT2D eigenvalue weighted by Crippen LogP contribution is 2.15. The Balaban J connectivity index is 1.43. The Labute approximate surface area is 178 Å². The number of ether oxygens (including phenoxy) is 2. The second-order valence-electron chi connectivity index (χ2n) is 7.68. The smallest absolute Gasteiger partial charge is 0.409 e. The Bertz CT molecular complexity index is 703. The van der Waals surface area contributed by atoms with Gasteiger partial charge in [-0.25, -0.2) is 9.78 Å². The molecule has 2 saturated heterocycles. The molecule has 3 rings (SSSR count). The zero-order valence-corrected chi connectivity index (χ0v) is 18.3. The SMILES string of the molecule is CCOC(=O)N1CCC(NC(=NC)NCc2ccc(N3CCOC(C)C3)nc2)CC1. The fraction of sp³-hybridized carbons (Fsp3) is 0.667. The summed E-state index contributed by atoms with van der Waals surface area (Å²) in [5.74, 6) is 1.75. The van der Waals surface area contributed by atoms with Crippen LogP contribution in [0.4, 0.5) is 10.6 Å². The minimum atomic E-state index is -0.221. The Morgan fingerprint density at radius 1 is 1.33 bits per heavy atom. The fourth-order valence-electron chi connectivity index (χ4n) is 3.73. The predicted octanol–water partition coefficient (Wildman–Crippen LogP) is 1.59. The number of hydrogen-bond acceptors (Lipinski definition) is 6. The number of morpholine rings is 1. The first-order valence-electron chi connectivity index (χ1n) is 10.8. The number of amides is 1. The van der Waals surface area contributed by atoms with E-state index in [2.05, 4.69) is 44.6 Å². The number of likely N-dealkylation sites (tertiary alicyclic amines) is 1. The maximum atomic E-state index is 11.8. The van der Waals surface area contributed by atoms with Crippen molar-refractivity contribution in [3.8, 4) is 0 Å². The van der Waals surface area contributed by atoms with Gasteiger partial charge in [-0.1, -0.05) is 6.07 Å². The zero-order valence-electron chi connectivity index (χ0n) is 18.3. The molecule has 0 saturated carbocycles. The lowest BCUT2D eigenvalue weighted by Gasteiger charge is -2.32. The molecule has 0 aliphatic carbocycles. The van der Waals surface area contributed by atoms with Gasteiger partial charge in [0.25, 0.3) is 0 Å². The number of carbonyl (C=O) groups is 1. The number of nitrogens with one attached hydrogen (secondary N) is 2. The van der Waals surface area contributed by atoms with Gasteiger partial charge >= 0.3 is 6.09 Å². The minimum absolute atomic E-state index is 0.221. The topological polar surface area (TPSA) is 91.3 Å². The van der Waals surface area contributed by atoms with E-state index < -0.39 is 0 Å². The molecule has 0 bridgehead atoms. The molecule has 1 aromatic rings. The van der Waals surface area contributed by atoms with Crippen LogP contribution in [0, 0.1) is 0 Å². The lowest BCUT2D eigenvalue weighted by molar-refractivity contribution is 0.0529.